The zero-order valence-corrected chi connectivity index (χ0v) is 13.3. The molecule has 1 aliphatic rings. The van der Waals surface area contributed by atoms with Crippen molar-refractivity contribution in [1.82, 2.24) is 0 Å². The highest BCUT2D eigenvalue weighted by Crippen LogP contribution is 2.39. The lowest BCUT2D eigenvalue weighted by atomic mass is 9.91. The van der Waals surface area contributed by atoms with Crippen LogP contribution in [0.25, 0.3) is 0 Å². The molecule has 116 valence electrons. The molecule has 0 amide bonds. The predicted molar refractivity (Wildman–Crippen MR) is 80.9 cm³/mol. The minimum Gasteiger partial charge on any atom is -0.456 e. The standard InChI is InChI=1S/C16H21FO3S/c1-4-13-10(2)14(17)15(19-11(3)18)16(20-13)21-12-8-6-5-7-9-12/h5-10,13-16H,4H2,1-3H3/t10-,13-,14+,15-,16+/m1/s1. The van der Waals surface area contributed by atoms with Crippen LogP contribution in [0.5, 0.6) is 0 Å². The number of ether oxygens (including phenoxy) is 2. The second kappa shape index (κ2) is 7.27. The molecule has 0 spiro atoms. The van der Waals surface area contributed by atoms with Crippen molar-refractivity contribution in [1.29, 1.82) is 0 Å². The molecular weight excluding hydrogens is 291 g/mol. The Morgan fingerprint density at radius 2 is 2.05 bits per heavy atom. The molecule has 1 saturated heterocycles. The largest absolute Gasteiger partial charge is 0.456 e. The first-order chi connectivity index (χ1) is 10.0. The summed E-state index contributed by atoms with van der Waals surface area (Å²) in [5.74, 6) is -0.765. The first-order valence-electron chi connectivity index (χ1n) is 7.21. The number of carbonyl (C=O) groups excluding carboxylic acids is 1. The SMILES string of the molecule is CC[C@H]1O[C@@H](Sc2ccccc2)[C@H](OC(C)=O)[C@@H](F)[C@@H]1C. The van der Waals surface area contributed by atoms with E-state index in [1.165, 1.54) is 18.7 Å². The van der Waals surface area contributed by atoms with E-state index in [4.69, 9.17) is 9.47 Å². The highest BCUT2D eigenvalue weighted by atomic mass is 32.2. The van der Waals surface area contributed by atoms with Gasteiger partial charge in [0.25, 0.3) is 0 Å². The number of hydrogen-bond donors (Lipinski definition) is 0. The molecule has 1 aromatic rings. The summed E-state index contributed by atoms with van der Waals surface area (Å²) in [4.78, 5) is 12.2. The third-order valence-corrected chi connectivity index (χ3v) is 4.84. The summed E-state index contributed by atoms with van der Waals surface area (Å²) < 4.78 is 25.8. The van der Waals surface area contributed by atoms with E-state index in [0.29, 0.717) is 0 Å². The summed E-state index contributed by atoms with van der Waals surface area (Å²) in [6.45, 7) is 5.08. The monoisotopic (exact) mass is 312 g/mol. The quantitative estimate of drug-likeness (QED) is 0.792. The summed E-state index contributed by atoms with van der Waals surface area (Å²) in [6, 6.07) is 9.62. The fourth-order valence-corrected chi connectivity index (χ4v) is 3.66. The molecule has 0 unspecified atom stereocenters. The van der Waals surface area contributed by atoms with Gasteiger partial charge >= 0.3 is 5.97 Å². The first kappa shape index (κ1) is 16.3. The lowest BCUT2D eigenvalue weighted by Gasteiger charge is -2.41. The van der Waals surface area contributed by atoms with E-state index in [2.05, 4.69) is 0 Å². The minimum atomic E-state index is -1.21. The molecule has 0 aliphatic carbocycles. The summed E-state index contributed by atoms with van der Waals surface area (Å²) in [6.07, 6.45) is -1.51. The van der Waals surface area contributed by atoms with Gasteiger partial charge in [-0.1, -0.05) is 43.8 Å². The number of rotatable bonds is 4. The van der Waals surface area contributed by atoms with Crippen molar-refractivity contribution < 1.29 is 18.7 Å². The molecule has 5 atom stereocenters. The molecule has 1 fully saturated rings. The van der Waals surface area contributed by atoms with Crippen LogP contribution in [0.4, 0.5) is 4.39 Å². The van der Waals surface area contributed by atoms with Gasteiger partial charge in [0, 0.05) is 17.7 Å². The van der Waals surface area contributed by atoms with Crippen molar-refractivity contribution in [3.63, 3.8) is 0 Å². The number of halogens is 1. The normalized spacial score (nSPS) is 32.7. The maximum absolute atomic E-state index is 14.6. The van der Waals surface area contributed by atoms with Crippen LogP contribution in [-0.2, 0) is 14.3 Å². The Hall–Kier alpha value is -1.07. The molecule has 21 heavy (non-hydrogen) atoms. The van der Waals surface area contributed by atoms with Gasteiger partial charge in [-0.2, -0.15) is 0 Å². The van der Waals surface area contributed by atoms with Gasteiger partial charge in [-0.15, -0.1) is 0 Å². The van der Waals surface area contributed by atoms with Crippen molar-refractivity contribution in [3.05, 3.63) is 30.3 Å². The Kier molecular flexibility index (Phi) is 5.65. The summed E-state index contributed by atoms with van der Waals surface area (Å²) >= 11 is 1.40. The topological polar surface area (TPSA) is 35.5 Å². The van der Waals surface area contributed by atoms with Crippen LogP contribution in [0, 0.1) is 5.92 Å². The molecule has 0 aromatic heterocycles. The van der Waals surface area contributed by atoms with E-state index in [-0.39, 0.29) is 12.0 Å². The number of alkyl halides is 1. The van der Waals surface area contributed by atoms with Crippen LogP contribution in [0.3, 0.4) is 0 Å². The third-order valence-electron chi connectivity index (χ3n) is 3.68. The van der Waals surface area contributed by atoms with E-state index >= 15 is 0 Å². The van der Waals surface area contributed by atoms with Gasteiger partial charge in [-0.25, -0.2) is 4.39 Å². The summed E-state index contributed by atoms with van der Waals surface area (Å²) in [5, 5.41) is 0. The van der Waals surface area contributed by atoms with Gasteiger partial charge in [0.15, 0.2) is 6.10 Å². The van der Waals surface area contributed by atoms with E-state index in [1.54, 1.807) is 6.92 Å². The molecule has 0 saturated carbocycles. The molecule has 1 heterocycles. The molecule has 2 rings (SSSR count). The van der Waals surface area contributed by atoms with Gasteiger partial charge in [0.1, 0.15) is 11.6 Å². The average Bonchev–Trinajstić information content (AvgIpc) is 2.47. The van der Waals surface area contributed by atoms with Gasteiger partial charge in [0.2, 0.25) is 0 Å². The Morgan fingerprint density at radius 1 is 1.38 bits per heavy atom. The van der Waals surface area contributed by atoms with Gasteiger partial charge in [0.05, 0.1) is 6.10 Å². The van der Waals surface area contributed by atoms with Crippen LogP contribution >= 0.6 is 11.8 Å². The Bertz CT molecular complexity index is 468. The predicted octanol–water partition coefficient (Wildman–Crippen LogP) is 3.82. The third kappa shape index (κ3) is 3.98. The fraction of sp³-hybridized carbons (Fsp3) is 0.562. The zero-order chi connectivity index (χ0) is 15.4. The Labute approximate surface area is 129 Å². The van der Waals surface area contributed by atoms with Crippen molar-refractivity contribution >= 4 is 17.7 Å². The number of thioether (sulfide) groups is 1. The highest BCUT2D eigenvalue weighted by molar-refractivity contribution is 7.99. The maximum Gasteiger partial charge on any atom is 0.303 e. The first-order valence-corrected chi connectivity index (χ1v) is 8.09. The second-order valence-corrected chi connectivity index (χ2v) is 6.43. The summed E-state index contributed by atoms with van der Waals surface area (Å²) in [7, 11) is 0. The smallest absolute Gasteiger partial charge is 0.303 e. The van der Waals surface area contributed by atoms with E-state index in [1.807, 2.05) is 37.3 Å². The Morgan fingerprint density at radius 3 is 2.62 bits per heavy atom. The summed E-state index contributed by atoms with van der Waals surface area (Å²) in [5.41, 5.74) is -0.521. The van der Waals surface area contributed by atoms with Gasteiger partial charge in [-0.3, -0.25) is 4.79 Å². The van der Waals surface area contributed by atoms with Crippen LogP contribution in [0.2, 0.25) is 0 Å². The van der Waals surface area contributed by atoms with Crippen LogP contribution in [0.1, 0.15) is 27.2 Å². The fourth-order valence-electron chi connectivity index (χ4n) is 2.54. The lowest BCUT2D eigenvalue weighted by molar-refractivity contribution is -0.181. The van der Waals surface area contributed by atoms with Crippen LogP contribution < -0.4 is 0 Å². The van der Waals surface area contributed by atoms with Crippen LogP contribution in [-0.4, -0.2) is 29.8 Å². The van der Waals surface area contributed by atoms with Crippen molar-refractivity contribution in [2.75, 3.05) is 0 Å². The molecule has 0 bridgehead atoms. The second-order valence-electron chi connectivity index (χ2n) is 5.26. The number of hydrogen-bond acceptors (Lipinski definition) is 4. The number of esters is 1. The zero-order valence-electron chi connectivity index (χ0n) is 12.5. The molecule has 1 aromatic carbocycles. The molecule has 5 heteroatoms. The van der Waals surface area contributed by atoms with Crippen LogP contribution in [0.15, 0.2) is 35.2 Å². The van der Waals surface area contributed by atoms with E-state index in [9.17, 15) is 9.18 Å². The maximum atomic E-state index is 14.6. The van der Waals surface area contributed by atoms with Crippen molar-refractivity contribution in [3.8, 4) is 0 Å². The molecule has 3 nitrogen and oxygen atoms in total. The number of carbonyl (C=O) groups is 1. The van der Waals surface area contributed by atoms with Gasteiger partial charge < -0.3 is 9.47 Å². The minimum absolute atomic E-state index is 0.159. The molecule has 0 N–H and O–H groups in total. The van der Waals surface area contributed by atoms with E-state index in [0.717, 1.165) is 11.3 Å². The van der Waals surface area contributed by atoms with Crippen molar-refractivity contribution in [2.45, 2.75) is 55.9 Å². The highest BCUT2D eigenvalue weighted by Gasteiger charge is 2.45. The van der Waals surface area contributed by atoms with Gasteiger partial charge in [-0.05, 0) is 18.6 Å². The van der Waals surface area contributed by atoms with E-state index < -0.39 is 23.7 Å². The number of benzene rings is 1. The van der Waals surface area contributed by atoms with Crippen molar-refractivity contribution in [2.24, 2.45) is 5.92 Å². The molecule has 0 radical (unpaired) electrons. The lowest BCUT2D eigenvalue weighted by Crippen LogP contribution is -2.51. The average molecular weight is 312 g/mol. The molecular formula is C16H21FO3S. The Balaban J connectivity index is 2.18. The molecule has 1 aliphatic heterocycles.